The molecule has 0 bridgehead atoms. The Labute approximate surface area is 337 Å². The van der Waals surface area contributed by atoms with E-state index in [0.717, 1.165) is 21.9 Å². The topological polar surface area (TPSA) is 177 Å². The van der Waals surface area contributed by atoms with Crippen LogP contribution in [-0.4, -0.2) is 30.0 Å². The summed E-state index contributed by atoms with van der Waals surface area (Å²) in [5, 5.41) is 52.3. The number of aromatic hydroxyl groups is 2. The average molecular weight is 806 g/mol. The number of hydrogen-bond donors (Lipinski definition) is 4. The van der Waals surface area contributed by atoms with E-state index in [-0.39, 0.29) is 39.9 Å². The van der Waals surface area contributed by atoms with Gasteiger partial charge in [-0.2, -0.15) is 0 Å². The van der Waals surface area contributed by atoms with Crippen LogP contribution in [0.5, 0.6) is 11.5 Å². The van der Waals surface area contributed by atoms with E-state index in [2.05, 4.69) is 20.6 Å². The van der Waals surface area contributed by atoms with Gasteiger partial charge in [-0.25, -0.2) is 0 Å². The maximum atomic E-state index is 11.1. The Morgan fingerprint density at radius 2 is 0.895 bits per heavy atom. The molecule has 0 fully saturated rings. The molecule has 0 aliphatic rings. The van der Waals surface area contributed by atoms with E-state index in [4.69, 9.17) is 0 Å². The Kier molecular flexibility index (Phi) is 12.3. The molecule has 0 saturated heterocycles. The molecule has 0 spiro atoms. The Bertz CT molecular complexity index is 2480. The minimum absolute atomic E-state index is 0. The second-order valence-electron chi connectivity index (χ2n) is 12.7. The molecule has 0 aliphatic heterocycles. The van der Waals surface area contributed by atoms with E-state index < -0.39 is 21.9 Å². The van der Waals surface area contributed by atoms with Gasteiger partial charge in [0.15, 0.2) is 0 Å². The van der Waals surface area contributed by atoms with Crippen molar-refractivity contribution in [2.24, 2.45) is 0 Å². The van der Waals surface area contributed by atoms with E-state index in [1.54, 1.807) is 36.7 Å². The van der Waals surface area contributed by atoms with E-state index in [1.807, 2.05) is 109 Å². The molecule has 8 rings (SSSR count). The monoisotopic (exact) mass is 805 g/mol. The summed E-state index contributed by atoms with van der Waals surface area (Å²) in [5.74, 6) is 0.176. The molecule has 12 nitrogen and oxygen atoms in total. The Morgan fingerprint density at radius 1 is 0.491 bits per heavy atom. The third-order valence-corrected chi connectivity index (χ3v) is 9.18. The van der Waals surface area contributed by atoms with Crippen LogP contribution in [0.3, 0.4) is 0 Å². The first-order chi connectivity index (χ1) is 27.3. The van der Waals surface area contributed by atoms with Gasteiger partial charge in [-0.05, 0) is 35.4 Å². The third-order valence-electron chi connectivity index (χ3n) is 9.18. The summed E-state index contributed by atoms with van der Waals surface area (Å²) in [5.41, 5.74) is 5.32. The van der Waals surface area contributed by atoms with Crippen LogP contribution < -0.4 is 10.6 Å². The summed E-state index contributed by atoms with van der Waals surface area (Å²) in [4.78, 5) is 29.9. The van der Waals surface area contributed by atoms with Crippen LogP contribution in [0, 0.1) is 20.2 Å². The minimum atomic E-state index is -0.430. The molecule has 13 heteroatoms. The van der Waals surface area contributed by atoms with Gasteiger partial charge in [-0.3, -0.25) is 30.2 Å². The first-order valence-electron chi connectivity index (χ1n) is 17.5. The fraction of sp³-hybridized carbons (Fsp3) is 0.0455. The Morgan fingerprint density at radius 3 is 1.28 bits per heavy atom. The van der Waals surface area contributed by atoms with Gasteiger partial charge in [-0.15, -0.1) is 0 Å². The van der Waals surface area contributed by atoms with Crippen LogP contribution in [0.25, 0.3) is 21.8 Å². The molecule has 0 amide bonds. The zero-order valence-corrected chi connectivity index (χ0v) is 30.9. The van der Waals surface area contributed by atoms with Gasteiger partial charge in [0, 0.05) is 87.0 Å². The van der Waals surface area contributed by atoms with E-state index in [1.165, 1.54) is 24.3 Å². The number of rotatable bonds is 10. The Balaban J connectivity index is 0.000000189. The van der Waals surface area contributed by atoms with Gasteiger partial charge in [0.05, 0.1) is 21.9 Å². The first kappa shape index (κ1) is 39.4. The van der Waals surface area contributed by atoms with Gasteiger partial charge >= 0.3 is 0 Å². The molecule has 2 unspecified atom stereocenters. The number of non-ortho nitro benzene ring substituents is 2. The van der Waals surface area contributed by atoms with Crippen LogP contribution in [-0.2, 0) is 17.1 Å². The van der Waals surface area contributed by atoms with Crippen LogP contribution >= 0.6 is 0 Å². The first-order valence-corrected chi connectivity index (χ1v) is 17.5. The summed E-state index contributed by atoms with van der Waals surface area (Å²) in [6.07, 6.45) is 3.27. The van der Waals surface area contributed by atoms with Gasteiger partial charge in [0.1, 0.15) is 22.5 Å². The zero-order valence-electron chi connectivity index (χ0n) is 29.9. The number of nitrogens with zero attached hydrogens (tertiary/aromatic N) is 4. The second-order valence-corrected chi connectivity index (χ2v) is 12.7. The molecular formula is C44H34CuN6O6. The number of fused-ring (bicyclic) bond motifs is 2. The quantitative estimate of drug-likeness (QED) is 0.0591. The molecule has 0 aliphatic carbocycles. The number of nitro benzene ring substituents is 2. The van der Waals surface area contributed by atoms with E-state index in [0.29, 0.717) is 33.5 Å². The SMILES string of the molecule is O=[N+]([O-])c1cccc(NC(c2ccccc2)c2ccc3cccnc3c2O)c1.O=[N+]([O-])c1cccc(NC(c2ccccc2)c2ccc3cccnc3c2O)c1.[Cu]. The van der Waals surface area contributed by atoms with Crippen molar-refractivity contribution in [3.8, 4) is 11.5 Å². The molecule has 2 atom stereocenters. The number of pyridine rings is 2. The van der Waals surface area contributed by atoms with Crippen molar-refractivity contribution in [2.45, 2.75) is 12.1 Å². The van der Waals surface area contributed by atoms with Crippen molar-refractivity contribution >= 4 is 44.6 Å². The minimum Gasteiger partial charge on any atom is -0.505 e. The molecule has 57 heavy (non-hydrogen) atoms. The van der Waals surface area contributed by atoms with E-state index in [9.17, 15) is 30.4 Å². The fourth-order valence-corrected chi connectivity index (χ4v) is 6.48. The normalized spacial score (nSPS) is 11.6. The number of hydrogen-bond acceptors (Lipinski definition) is 10. The molecule has 2 heterocycles. The number of phenolic OH excluding ortho intramolecular Hbond substituents is 2. The molecular weight excluding hydrogens is 772 g/mol. The zero-order chi connectivity index (χ0) is 39.0. The van der Waals surface area contributed by atoms with Crippen LogP contribution in [0.1, 0.15) is 34.3 Å². The second kappa shape index (κ2) is 17.9. The summed E-state index contributed by atoms with van der Waals surface area (Å²) in [6, 6.07) is 46.0. The van der Waals surface area contributed by atoms with Crippen molar-refractivity contribution in [1.82, 2.24) is 9.97 Å². The molecule has 4 N–H and O–H groups in total. The number of nitrogens with one attached hydrogen (secondary N) is 2. The smallest absolute Gasteiger partial charge is 0.271 e. The maximum absolute atomic E-state index is 11.1. The Hall–Kier alpha value is -7.34. The van der Waals surface area contributed by atoms with Gasteiger partial charge in [0.2, 0.25) is 0 Å². The number of benzene rings is 6. The van der Waals surface area contributed by atoms with Crippen LogP contribution in [0.2, 0.25) is 0 Å². The van der Waals surface area contributed by atoms with Gasteiger partial charge in [0.25, 0.3) is 11.4 Å². The van der Waals surface area contributed by atoms with Crippen molar-refractivity contribution in [3.63, 3.8) is 0 Å². The van der Waals surface area contributed by atoms with Crippen LogP contribution in [0.4, 0.5) is 22.7 Å². The van der Waals surface area contributed by atoms with Crippen molar-refractivity contribution in [1.29, 1.82) is 0 Å². The van der Waals surface area contributed by atoms with Gasteiger partial charge < -0.3 is 20.8 Å². The van der Waals surface area contributed by atoms with Crippen molar-refractivity contribution < 1.29 is 37.1 Å². The summed E-state index contributed by atoms with van der Waals surface area (Å²) >= 11 is 0. The molecule has 287 valence electrons. The third kappa shape index (κ3) is 8.97. The number of anilines is 2. The summed E-state index contributed by atoms with van der Waals surface area (Å²) in [7, 11) is 0. The average Bonchev–Trinajstić information content (AvgIpc) is 3.24. The van der Waals surface area contributed by atoms with Crippen LogP contribution in [0.15, 0.2) is 170 Å². The molecule has 6 aromatic carbocycles. The largest absolute Gasteiger partial charge is 0.505 e. The van der Waals surface area contributed by atoms with Crippen molar-refractivity contribution in [3.05, 3.63) is 213 Å². The summed E-state index contributed by atoms with van der Waals surface area (Å²) < 4.78 is 0. The number of nitro groups is 2. The van der Waals surface area contributed by atoms with E-state index >= 15 is 0 Å². The maximum Gasteiger partial charge on any atom is 0.271 e. The predicted octanol–water partition coefficient (Wildman–Crippen LogP) is 10.1. The molecule has 2 aromatic heterocycles. The fourth-order valence-electron chi connectivity index (χ4n) is 6.48. The number of aromatic nitrogens is 2. The predicted molar refractivity (Wildman–Crippen MR) is 217 cm³/mol. The number of phenols is 2. The standard InChI is InChI=1S/2C22H17N3O3.Cu/c2*26-22-19(12-11-16-8-5-13-23-21(16)22)20(15-6-2-1-3-7-15)24-17-9-4-10-18(14-17)25(27)28;/h2*1-14,20,24,26H;. The molecule has 0 saturated carbocycles. The van der Waals surface area contributed by atoms with Gasteiger partial charge in [-0.1, -0.05) is 109 Å². The van der Waals surface area contributed by atoms with Crippen molar-refractivity contribution in [2.75, 3.05) is 10.6 Å². The summed E-state index contributed by atoms with van der Waals surface area (Å²) in [6.45, 7) is 0. The molecule has 8 aromatic rings. The molecule has 1 radical (unpaired) electrons.